The lowest BCUT2D eigenvalue weighted by atomic mass is 9.94. The number of unbranched alkanes of at least 4 members (excludes halogenated alkanes) is 4. The monoisotopic (exact) mass is 369 g/mol. The van der Waals surface area contributed by atoms with Crippen molar-refractivity contribution in [3.05, 3.63) is 28.8 Å². The molecule has 2 rings (SSSR count). The van der Waals surface area contributed by atoms with Crippen LogP contribution in [0.1, 0.15) is 51.5 Å². The summed E-state index contributed by atoms with van der Waals surface area (Å²) in [6.07, 6.45) is 5.99. The van der Waals surface area contributed by atoms with E-state index in [9.17, 15) is 5.11 Å². The molecule has 1 aliphatic rings. The van der Waals surface area contributed by atoms with E-state index < -0.39 is 5.60 Å². The van der Waals surface area contributed by atoms with Gasteiger partial charge < -0.3 is 14.6 Å². The lowest BCUT2D eigenvalue weighted by molar-refractivity contribution is -0.0265. The Morgan fingerprint density at radius 1 is 1.20 bits per heavy atom. The van der Waals surface area contributed by atoms with Crippen molar-refractivity contribution in [1.82, 2.24) is 4.90 Å². The first-order valence-electron chi connectivity index (χ1n) is 9.48. The lowest BCUT2D eigenvalue weighted by Gasteiger charge is -2.34. The highest BCUT2D eigenvalue weighted by molar-refractivity contribution is 6.30. The molecule has 0 bridgehead atoms. The molecule has 1 fully saturated rings. The largest absolute Gasteiger partial charge is 0.493 e. The van der Waals surface area contributed by atoms with Gasteiger partial charge in [0.2, 0.25) is 0 Å². The molecular weight excluding hydrogens is 338 g/mol. The van der Waals surface area contributed by atoms with Crippen LogP contribution in [0.3, 0.4) is 0 Å². The minimum absolute atomic E-state index is 0.545. The van der Waals surface area contributed by atoms with Gasteiger partial charge in [0, 0.05) is 30.2 Å². The van der Waals surface area contributed by atoms with Crippen molar-refractivity contribution in [3.63, 3.8) is 0 Å². The Balaban J connectivity index is 1.98. The topological polar surface area (TPSA) is 41.9 Å². The molecule has 0 radical (unpaired) electrons. The summed E-state index contributed by atoms with van der Waals surface area (Å²) in [6, 6.07) is 5.52. The van der Waals surface area contributed by atoms with E-state index in [2.05, 4.69) is 11.8 Å². The highest BCUT2D eigenvalue weighted by atomic mass is 35.5. The van der Waals surface area contributed by atoms with E-state index in [-0.39, 0.29) is 0 Å². The fourth-order valence-corrected chi connectivity index (χ4v) is 3.39. The van der Waals surface area contributed by atoms with Crippen molar-refractivity contribution in [3.8, 4) is 5.75 Å². The molecule has 5 heteroatoms. The van der Waals surface area contributed by atoms with Crippen LogP contribution in [-0.2, 0) is 10.3 Å². The molecule has 25 heavy (non-hydrogen) atoms. The van der Waals surface area contributed by atoms with Crippen molar-refractivity contribution in [2.24, 2.45) is 0 Å². The summed E-state index contributed by atoms with van der Waals surface area (Å²) in [5.74, 6) is 0.734. The maximum absolute atomic E-state index is 11.1. The Morgan fingerprint density at radius 3 is 2.64 bits per heavy atom. The maximum atomic E-state index is 11.1. The molecule has 0 spiro atoms. The number of ether oxygens (including phenoxy) is 2. The molecule has 0 aliphatic carbocycles. The standard InChI is InChI=1S/C20H32ClNO3/c1-3-4-5-6-7-12-25-19-9-8-17(21)15-18(19)20(2,23)16-22-10-13-24-14-11-22/h8-9,15,23H,3-7,10-14,16H2,1-2H3. The van der Waals surface area contributed by atoms with Gasteiger partial charge in [0.1, 0.15) is 11.4 Å². The number of β-amino-alcohol motifs (C(OH)–C–C–N with tert-alkyl or cyclic N) is 1. The molecule has 1 aromatic rings. The summed E-state index contributed by atoms with van der Waals surface area (Å²) in [6.45, 7) is 8.37. The fourth-order valence-electron chi connectivity index (χ4n) is 3.22. The molecular formula is C20H32ClNO3. The van der Waals surface area contributed by atoms with Crippen LogP contribution in [0.25, 0.3) is 0 Å². The highest BCUT2D eigenvalue weighted by Crippen LogP contribution is 2.33. The van der Waals surface area contributed by atoms with Crippen LogP contribution in [0.5, 0.6) is 5.75 Å². The zero-order chi connectivity index (χ0) is 18.1. The zero-order valence-corrected chi connectivity index (χ0v) is 16.4. The van der Waals surface area contributed by atoms with E-state index in [1.807, 2.05) is 25.1 Å². The van der Waals surface area contributed by atoms with Gasteiger partial charge in [0.25, 0.3) is 0 Å². The number of hydrogen-bond acceptors (Lipinski definition) is 4. The number of morpholine rings is 1. The van der Waals surface area contributed by atoms with Crippen LogP contribution in [0, 0.1) is 0 Å². The number of rotatable bonds is 10. The molecule has 1 heterocycles. The molecule has 0 saturated carbocycles. The number of halogens is 1. The molecule has 1 aliphatic heterocycles. The third kappa shape index (κ3) is 6.78. The lowest BCUT2D eigenvalue weighted by Crippen LogP contribution is -2.44. The number of nitrogens with zero attached hydrogens (tertiary/aromatic N) is 1. The summed E-state index contributed by atoms with van der Waals surface area (Å²) < 4.78 is 11.4. The maximum Gasteiger partial charge on any atom is 0.125 e. The van der Waals surface area contributed by atoms with E-state index in [1.54, 1.807) is 0 Å². The van der Waals surface area contributed by atoms with Crippen LogP contribution in [0.15, 0.2) is 18.2 Å². The third-order valence-corrected chi connectivity index (χ3v) is 4.90. The van der Waals surface area contributed by atoms with Crippen molar-refractivity contribution >= 4 is 11.6 Å². The quantitative estimate of drug-likeness (QED) is 0.627. The molecule has 1 unspecified atom stereocenters. The number of aliphatic hydroxyl groups is 1. The van der Waals surface area contributed by atoms with Crippen molar-refractivity contribution in [2.45, 2.75) is 51.6 Å². The minimum Gasteiger partial charge on any atom is -0.493 e. The Hall–Kier alpha value is -0.810. The van der Waals surface area contributed by atoms with Crippen LogP contribution in [0.2, 0.25) is 5.02 Å². The Morgan fingerprint density at radius 2 is 1.92 bits per heavy atom. The molecule has 1 saturated heterocycles. The summed E-state index contributed by atoms with van der Waals surface area (Å²) in [7, 11) is 0. The zero-order valence-electron chi connectivity index (χ0n) is 15.6. The summed E-state index contributed by atoms with van der Waals surface area (Å²) >= 11 is 6.18. The van der Waals surface area contributed by atoms with E-state index in [4.69, 9.17) is 21.1 Å². The van der Waals surface area contributed by atoms with Gasteiger partial charge in [-0.3, -0.25) is 4.90 Å². The van der Waals surface area contributed by atoms with Crippen LogP contribution >= 0.6 is 11.6 Å². The fraction of sp³-hybridized carbons (Fsp3) is 0.700. The summed E-state index contributed by atoms with van der Waals surface area (Å²) in [4.78, 5) is 2.22. The number of benzene rings is 1. The van der Waals surface area contributed by atoms with Gasteiger partial charge in [-0.1, -0.05) is 44.2 Å². The smallest absolute Gasteiger partial charge is 0.125 e. The first kappa shape index (κ1) is 20.5. The van der Waals surface area contributed by atoms with Gasteiger partial charge >= 0.3 is 0 Å². The van der Waals surface area contributed by atoms with Gasteiger partial charge in [0.05, 0.1) is 19.8 Å². The predicted octanol–water partition coefficient (Wildman–Crippen LogP) is 4.23. The average molecular weight is 370 g/mol. The van der Waals surface area contributed by atoms with Crippen molar-refractivity contribution in [1.29, 1.82) is 0 Å². The normalized spacial score (nSPS) is 18.1. The highest BCUT2D eigenvalue weighted by Gasteiger charge is 2.30. The number of hydrogen-bond donors (Lipinski definition) is 1. The Bertz CT molecular complexity index is 516. The van der Waals surface area contributed by atoms with Crippen molar-refractivity contribution < 1.29 is 14.6 Å². The van der Waals surface area contributed by atoms with Crippen LogP contribution in [-0.4, -0.2) is 49.5 Å². The van der Waals surface area contributed by atoms with Crippen LogP contribution < -0.4 is 4.74 Å². The van der Waals surface area contributed by atoms with Gasteiger partial charge in [-0.05, 0) is 31.5 Å². The van der Waals surface area contributed by atoms with Gasteiger partial charge in [-0.2, -0.15) is 0 Å². The van der Waals surface area contributed by atoms with Gasteiger partial charge in [-0.25, -0.2) is 0 Å². The predicted molar refractivity (Wildman–Crippen MR) is 103 cm³/mol. The van der Waals surface area contributed by atoms with E-state index >= 15 is 0 Å². The Kier molecular flexibility index (Phi) is 8.50. The first-order chi connectivity index (χ1) is 12.0. The van der Waals surface area contributed by atoms with E-state index in [0.29, 0.717) is 31.4 Å². The first-order valence-corrected chi connectivity index (χ1v) is 9.86. The molecule has 4 nitrogen and oxygen atoms in total. The summed E-state index contributed by atoms with van der Waals surface area (Å²) in [5.41, 5.74) is -0.250. The molecule has 142 valence electrons. The third-order valence-electron chi connectivity index (χ3n) is 4.66. The summed E-state index contributed by atoms with van der Waals surface area (Å²) in [5, 5.41) is 11.7. The Labute approximate surface area is 157 Å². The van der Waals surface area contributed by atoms with Crippen LogP contribution in [0.4, 0.5) is 0 Å². The SMILES string of the molecule is CCCCCCCOc1ccc(Cl)cc1C(C)(O)CN1CCOCC1. The van der Waals surface area contributed by atoms with E-state index in [1.165, 1.54) is 25.7 Å². The second-order valence-corrected chi connectivity index (χ2v) is 7.50. The second kappa shape index (κ2) is 10.4. The molecule has 1 atom stereocenters. The van der Waals surface area contributed by atoms with Crippen molar-refractivity contribution in [2.75, 3.05) is 39.5 Å². The molecule has 1 aromatic carbocycles. The average Bonchev–Trinajstić information content (AvgIpc) is 2.59. The van der Waals surface area contributed by atoms with Gasteiger partial charge in [-0.15, -0.1) is 0 Å². The second-order valence-electron chi connectivity index (χ2n) is 7.07. The van der Waals surface area contributed by atoms with E-state index in [0.717, 1.165) is 30.8 Å². The molecule has 0 amide bonds. The molecule has 1 N–H and O–H groups in total. The van der Waals surface area contributed by atoms with Gasteiger partial charge in [0.15, 0.2) is 0 Å². The minimum atomic E-state index is -1.01. The molecule has 0 aromatic heterocycles.